The lowest BCUT2D eigenvalue weighted by Crippen LogP contribution is -2.38. The molecule has 0 aliphatic heterocycles. The lowest BCUT2D eigenvalue weighted by molar-refractivity contribution is 0.240. The molecule has 0 aliphatic carbocycles. The molecule has 4 nitrogen and oxygen atoms in total. The van der Waals surface area contributed by atoms with Crippen molar-refractivity contribution in [2.24, 2.45) is 0 Å². The molecule has 0 aromatic heterocycles. The van der Waals surface area contributed by atoms with E-state index in [4.69, 9.17) is 0 Å². The normalized spacial score (nSPS) is 9.77. The molecule has 0 spiro atoms. The number of nitrogens with zero attached hydrogens (tertiary/aromatic N) is 1. The van der Waals surface area contributed by atoms with Crippen molar-refractivity contribution in [1.29, 1.82) is 0 Å². The topological polar surface area (TPSA) is 44.4 Å². The first kappa shape index (κ1) is 12.0. The van der Waals surface area contributed by atoms with Crippen LogP contribution in [0.15, 0.2) is 12.8 Å². The minimum atomic E-state index is -0.192. The van der Waals surface area contributed by atoms with Crippen LogP contribution in [0.2, 0.25) is 0 Å². The maximum absolute atomic E-state index is 10.9. The molecular weight excluding hydrogens is 166 g/mol. The molecule has 0 fully saturated rings. The van der Waals surface area contributed by atoms with Crippen molar-refractivity contribution in [2.45, 2.75) is 13.8 Å². The Morgan fingerprint density at radius 3 is 2.54 bits per heavy atom. The standard InChI is InChI=1S/C9H19N3O/c1-4-10-9(13)11-7-8-12(5-2)6-3/h4H,1,5-8H2,2-3H3,(H2,10,11,13). The second-order valence-corrected chi connectivity index (χ2v) is 2.63. The summed E-state index contributed by atoms with van der Waals surface area (Å²) in [6.07, 6.45) is 1.37. The van der Waals surface area contributed by atoms with Crippen molar-refractivity contribution in [1.82, 2.24) is 15.5 Å². The molecule has 0 saturated carbocycles. The van der Waals surface area contributed by atoms with E-state index in [2.05, 4.69) is 36.0 Å². The Morgan fingerprint density at radius 1 is 1.46 bits per heavy atom. The summed E-state index contributed by atoms with van der Waals surface area (Å²) >= 11 is 0. The SMILES string of the molecule is C=CNC(=O)NCCN(CC)CC. The van der Waals surface area contributed by atoms with Gasteiger partial charge in [0.15, 0.2) is 0 Å². The lowest BCUT2D eigenvalue weighted by atomic mass is 10.4. The van der Waals surface area contributed by atoms with Gasteiger partial charge in [0.2, 0.25) is 0 Å². The maximum Gasteiger partial charge on any atom is 0.318 e. The summed E-state index contributed by atoms with van der Waals surface area (Å²) in [6, 6.07) is -0.192. The fourth-order valence-electron chi connectivity index (χ4n) is 1.01. The first-order chi connectivity index (χ1) is 6.24. The van der Waals surface area contributed by atoms with Gasteiger partial charge in [-0.05, 0) is 19.3 Å². The first-order valence-electron chi connectivity index (χ1n) is 4.62. The highest BCUT2D eigenvalue weighted by atomic mass is 16.2. The third-order valence-corrected chi connectivity index (χ3v) is 1.84. The van der Waals surface area contributed by atoms with E-state index < -0.39 is 0 Å². The zero-order chi connectivity index (χ0) is 10.1. The molecule has 4 heteroatoms. The van der Waals surface area contributed by atoms with Crippen LogP contribution in [0.4, 0.5) is 4.79 Å². The molecule has 13 heavy (non-hydrogen) atoms. The fourth-order valence-corrected chi connectivity index (χ4v) is 1.01. The van der Waals surface area contributed by atoms with Crippen molar-refractivity contribution in [2.75, 3.05) is 26.2 Å². The Bertz CT molecular complexity index is 155. The summed E-state index contributed by atoms with van der Waals surface area (Å²) in [5, 5.41) is 5.17. The van der Waals surface area contributed by atoms with Gasteiger partial charge < -0.3 is 15.5 Å². The van der Waals surface area contributed by atoms with Crippen LogP contribution in [0.25, 0.3) is 0 Å². The van der Waals surface area contributed by atoms with Crippen molar-refractivity contribution in [3.05, 3.63) is 12.8 Å². The maximum atomic E-state index is 10.9. The van der Waals surface area contributed by atoms with E-state index in [1.165, 1.54) is 6.20 Å². The molecule has 0 radical (unpaired) electrons. The van der Waals surface area contributed by atoms with E-state index in [1.54, 1.807) is 0 Å². The van der Waals surface area contributed by atoms with Gasteiger partial charge in [-0.1, -0.05) is 20.4 Å². The molecule has 0 aliphatic rings. The summed E-state index contributed by atoms with van der Waals surface area (Å²) in [7, 11) is 0. The van der Waals surface area contributed by atoms with Gasteiger partial charge in [0.1, 0.15) is 0 Å². The molecule has 0 aromatic rings. The number of rotatable bonds is 6. The van der Waals surface area contributed by atoms with Crippen molar-refractivity contribution in [3.63, 3.8) is 0 Å². The molecule has 0 saturated heterocycles. The van der Waals surface area contributed by atoms with Crippen LogP contribution in [0.3, 0.4) is 0 Å². The Kier molecular flexibility index (Phi) is 7.01. The van der Waals surface area contributed by atoms with Gasteiger partial charge in [-0.15, -0.1) is 0 Å². The van der Waals surface area contributed by atoms with Crippen molar-refractivity contribution < 1.29 is 4.79 Å². The van der Waals surface area contributed by atoms with E-state index in [0.717, 1.165) is 19.6 Å². The molecule has 0 heterocycles. The van der Waals surface area contributed by atoms with Gasteiger partial charge >= 0.3 is 6.03 Å². The fraction of sp³-hybridized carbons (Fsp3) is 0.667. The molecular formula is C9H19N3O. The number of urea groups is 1. The molecule has 0 atom stereocenters. The molecule has 0 aromatic carbocycles. The first-order valence-corrected chi connectivity index (χ1v) is 4.62. The van der Waals surface area contributed by atoms with Gasteiger partial charge in [0.05, 0.1) is 0 Å². The highest BCUT2D eigenvalue weighted by molar-refractivity contribution is 5.74. The molecule has 0 bridgehead atoms. The summed E-state index contributed by atoms with van der Waals surface area (Å²) in [6.45, 7) is 11.2. The lowest BCUT2D eigenvalue weighted by Gasteiger charge is -2.17. The quantitative estimate of drug-likeness (QED) is 0.642. The number of nitrogens with one attached hydrogen (secondary N) is 2. The molecule has 0 unspecified atom stereocenters. The van der Waals surface area contributed by atoms with E-state index in [9.17, 15) is 4.79 Å². The number of carbonyl (C=O) groups is 1. The minimum absolute atomic E-state index is 0.192. The van der Waals surface area contributed by atoms with E-state index in [-0.39, 0.29) is 6.03 Å². The minimum Gasteiger partial charge on any atom is -0.337 e. The monoisotopic (exact) mass is 185 g/mol. The highest BCUT2D eigenvalue weighted by Crippen LogP contribution is 1.83. The predicted octanol–water partition coefficient (Wildman–Crippen LogP) is 0.771. The second-order valence-electron chi connectivity index (χ2n) is 2.63. The largest absolute Gasteiger partial charge is 0.337 e. The van der Waals surface area contributed by atoms with Gasteiger partial charge in [0.25, 0.3) is 0 Å². The number of hydrogen-bond acceptors (Lipinski definition) is 2. The van der Waals surface area contributed by atoms with Crippen LogP contribution in [-0.4, -0.2) is 37.1 Å². The zero-order valence-electron chi connectivity index (χ0n) is 8.47. The van der Waals surface area contributed by atoms with Crippen molar-refractivity contribution in [3.8, 4) is 0 Å². The van der Waals surface area contributed by atoms with Crippen LogP contribution in [-0.2, 0) is 0 Å². The van der Waals surface area contributed by atoms with Crippen LogP contribution < -0.4 is 10.6 Å². The molecule has 0 rings (SSSR count). The van der Waals surface area contributed by atoms with E-state index >= 15 is 0 Å². The number of amides is 2. The van der Waals surface area contributed by atoms with Crippen molar-refractivity contribution >= 4 is 6.03 Å². The van der Waals surface area contributed by atoms with E-state index in [1.807, 2.05) is 0 Å². The van der Waals surface area contributed by atoms with Gasteiger partial charge in [-0.3, -0.25) is 0 Å². The third kappa shape index (κ3) is 6.16. The summed E-state index contributed by atoms with van der Waals surface area (Å²) in [5.74, 6) is 0. The summed E-state index contributed by atoms with van der Waals surface area (Å²) < 4.78 is 0. The number of hydrogen-bond donors (Lipinski definition) is 2. The molecule has 2 N–H and O–H groups in total. The van der Waals surface area contributed by atoms with Gasteiger partial charge in [0, 0.05) is 13.1 Å². The predicted molar refractivity (Wildman–Crippen MR) is 54.5 cm³/mol. The van der Waals surface area contributed by atoms with Crippen LogP contribution in [0, 0.1) is 0 Å². The Labute approximate surface area is 80.0 Å². The average molecular weight is 185 g/mol. The van der Waals surface area contributed by atoms with Gasteiger partial charge in [-0.25, -0.2) is 4.79 Å². The summed E-state index contributed by atoms with van der Waals surface area (Å²) in [4.78, 5) is 13.1. The zero-order valence-corrected chi connectivity index (χ0v) is 8.47. The molecule has 2 amide bonds. The molecule has 76 valence electrons. The van der Waals surface area contributed by atoms with Crippen LogP contribution in [0.1, 0.15) is 13.8 Å². The average Bonchev–Trinajstić information content (AvgIpc) is 2.13. The number of carbonyl (C=O) groups excluding carboxylic acids is 1. The third-order valence-electron chi connectivity index (χ3n) is 1.84. The van der Waals surface area contributed by atoms with E-state index in [0.29, 0.717) is 6.54 Å². The second kappa shape index (κ2) is 7.61. The van der Waals surface area contributed by atoms with Crippen LogP contribution in [0.5, 0.6) is 0 Å². The summed E-state index contributed by atoms with van der Waals surface area (Å²) in [5.41, 5.74) is 0. The number of likely N-dealkylation sites (N-methyl/N-ethyl adjacent to an activating group) is 1. The van der Waals surface area contributed by atoms with Crippen LogP contribution >= 0.6 is 0 Å². The van der Waals surface area contributed by atoms with Gasteiger partial charge in [-0.2, -0.15) is 0 Å². The Balaban J connectivity index is 3.42. The Hall–Kier alpha value is -1.03. The Morgan fingerprint density at radius 2 is 2.08 bits per heavy atom. The smallest absolute Gasteiger partial charge is 0.318 e. The highest BCUT2D eigenvalue weighted by Gasteiger charge is 1.99.